The van der Waals surface area contributed by atoms with E-state index in [4.69, 9.17) is 10.2 Å². The van der Waals surface area contributed by atoms with Gasteiger partial charge in [-0.2, -0.15) is 10.5 Å². The molecule has 6 heteroatoms. The molecule has 35 heavy (non-hydrogen) atoms. The van der Waals surface area contributed by atoms with Crippen LogP contribution in [0, 0.1) is 22.7 Å². The third-order valence-electron chi connectivity index (χ3n) is 6.03. The maximum absolute atomic E-state index is 9.78. The first-order chi connectivity index (χ1) is 17.2. The number of nitriles is 2. The molecule has 0 aliphatic heterocycles. The summed E-state index contributed by atoms with van der Waals surface area (Å²) in [5, 5.41) is 24.3. The fourth-order valence-electron chi connectivity index (χ4n) is 4.19. The van der Waals surface area contributed by atoms with Gasteiger partial charge in [-0.05, 0) is 40.6 Å². The highest BCUT2D eigenvalue weighted by atomic mass is 15.1. The van der Waals surface area contributed by atoms with Crippen molar-refractivity contribution < 1.29 is 0 Å². The number of hydrogen-bond donors (Lipinski definition) is 1. The van der Waals surface area contributed by atoms with Crippen molar-refractivity contribution in [2.45, 2.75) is 13.1 Å². The molecule has 0 spiro atoms. The van der Waals surface area contributed by atoms with Crippen LogP contribution in [-0.4, -0.2) is 14.5 Å². The van der Waals surface area contributed by atoms with E-state index >= 15 is 0 Å². The monoisotopic (exact) mass is 454 g/mol. The van der Waals surface area contributed by atoms with E-state index in [-0.39, 0.29) is 0 Å². The molecule has 168 valence electrons. The number of nitrogens with one attached hydrogen (secondary N) is 1. The van der Waals surface area contributed by atoms with Crippen molar-refractivity contribution in [3.8, 4) is 34.5 Å². The molecule has 0 fully saturated rings. The Bertz CT molecular complexity index is 1590. The predicted octanol–water partition coefficient (Wildman–Crippen LogP) is 5.34. The summed E-state index contributed by atoms with van der Waals surface area (Å²) in [5.41, 5.74) is 5.80. The molecule has 0 radical (unpaired) electrons. The van der Waals surface area contributed by atoms with Crippen molar-refractivity contribution in [3.63, 3.8) is 0 Å². The Morgan fingerprint density at radius 3 is 2.54 bits per heavy atom. The van der Waals surface area contributed by atoms with E-state index in [1.54, 1.807) is 12.3 Å². The SMILES string of the molecule is Cn1cc(-c2ccc(C#N)c(-c3cccc4ccccc34)c2)nc1CNCc1ccc(C#N)cn1. The summed E-state index contributed by atoms with van der Waals surface area (Å²) >= 11 is 0. The summed E-state index contributed by atoms with van der Waals surface area (Å²) in [6.45, 7) is 1.15. The lowest BCUT2D eigenvalue weighted by molar-refractivity contribution is 0.630. The zero-order chi connectivity index (χ0) is 24.2. The number of aryl methyl sites for hydroxylation is 1. The molecule has 5 rings (SSSR count). The van der Waals surface area contributed by atoms with E-state index in [0.29, 0.717) is 24.2 Å². The molecule has 0 saturated heterocycles. The Balaban J connectivity index is 1.41. The highest BCUT2D eigenvalue weighted by Gasteiger charge is 2.13. The van der Waals surface area contributed by atoms with Crippen LogP contribution >= 0.6 is 0 Å². The van der Waals surface area contributed by atoms with E-state index < -0.39 is 0 Å². The van der Waals surface area contributed by atoms with Crippen LogP contribution in [0.15, 0.2) is 85.2 Å². The second-order valence-electron chi connectivity index (χ2n) is 8.31. The summed E-state index contributed by atoms with van der Waals surface area (Å²) in [4.78, 5) is 9.14. The topological polar surface area (TPSA) is 90.3 Å². The van der Waals surface area contributed by atoms with Crippen LogP contribution in [0.1, 0.15) is 22.6 Å². The van der Waals surface area contributed by atoms with Crippen LogP contribution in [-0.2, 0) is 20.1 Å². The van der Waals surface area contributed by atoms with Gasteiger partial charge in [0.2, 0.25) is 0 Å². The zero-order valence-electron chi connectivity index (χ0n) is 19.2. The van der Waals surface area contributed by atoms with Crippen LogP contribution in [0.3, 0.4) is 0 Å². The van der Waals surface area contributed by atoms with Crippen LogP contribution in [0.25, 0.3) is 33.2 Å². The van der Waals surface area contributed by atoms with E-state index in [0.717, 1.165) is 44.7 Å². The molecule has 1 N–H and O–H groups in total. The van der Waals surface area contributed by atoms with Gasteiger partial charge >= 0.3 is 0 Å². The van der Waals surface area contributed by atoms with Crippen LogP contribution in [0.5, 0.6) is 0 Å². The number of pyridine rings is 1. The molecular weight excluding hydrogens is 432 g/mol. The molecule has 5 aromatic rings. The highest BCUT2D eigenvalue weighted by molar-refractivity contribution is 5.98. The summed E-state index contributed by atoms with van der Waals surface area (Å²) in [5.74, 6) is 0.893. The molecule has 0 aliphatic carbocycles. The van der Waals surface area contributed by atoms with Crippen LogP contribution in [0.4, 0.5) is 0 Å². The van der Waals surface area contributed by atoms with Gasteiger partial charge in [-0.15, -0.1) is 0 Å². The zero-order valence-corrected chi connectivity index (χ0v) is 19.2. The van der Waals surface area contributed by atoms with E-state index in [1.165, 1.54) is 0 Å². The molecule has 0 amide bonds. The van der Waals surface area contributed by atoms with Gasteiger partial charge in [-0.3, -0.25) is 4.98 Å². The Morgan fingerprint density at radius 1 is 0.886 bits per heavy atom. The summed E-state index contributed by atoms with van der Waals surface area (Å²) in [6.07, 6.45) is 3.58. The maximum Gasteiger partial charge on any atom is 0.123 e. The smallest absolute Gasteiger partial charge is 0.123 e. The largest absolute Gasteiger partial charge is 0.336 e. The molecule has 3 aromatic carbocycles. The summed E-state index contributed by atoms with van der Waals surface area (Å²) < 4.78 is 2.00. The predicted molar refractivity (Wildman–Crippen MR) is 136 cm³/mol. The average molecular weight is 455 g/mol. The highest BCUT2D eigenvalue weighted by Crippen LogP contribution is 2.33. The minimum Gasteiger partial charge on any atom is -0.336 e. The molecule has 0 unspecified atom stereocenters. The molecule has 0 saturated carbocycles. The van der Waals surface area contributed by atoms with Gasteiger partial charge in [0.25, 0.3) is 0 Å². The third kappa shape index (κ3) is 4.52. The van der Waals surface area contributed by atoms with Crippen molar-refractivity contribution in [1.82, 2.24) is 19.9 Å². The normalized spacial score (nSPS) is 10.7. The van der Waals surface area contributed by atoms with Crippen molar-refractivity contribution in [3.05, 3.63) is 108 Å². The number of benzene rings is 3. The van der Waals surface area contributed by atoms with Crippen molar-refractivity contribution in [1.29, 1.82) is 10.5 Å². The lowest BCUT2D eigenvalue weighted by atomic mass is 9.93. The first-order valence-corrected chi connectivity index (χ1v) is 11.3. The van der Waals surface area contributed by atoms with E-state index in [2.05, 4.69) is 52.8 Å². The number of rotatable bonds is 6. The fraction of sp³-hybridized carbons (Fsp3) is 0.103. The number of nitrogens with zero attached hydrogens (tertiary/aromatic N) is 5. The Hall–Kier alpha value is -4.78. The lowest BCUT2D eigenvalue weighted by Crippen LogP contribution is -2.16. The number of fused-ring (bicyclic) bond motifs is 1. The minimum atomic E-state index is 0.549. The van der Waals surface area contributed by atoms with Crippen molar-refractivity contribution in [2.75, 3.05) is 0 Å². The van der Waals surface area contributed by atoms with Gasteiger partial charge in [-0.1, -0.05) is 48.5 Å². The molecule has 2 heterocycles. The molecule has 6 nitrogen and oxygen atoms in total. The van der Waals surface area contributed by atoms with Gasteiger partial charge in [0, 0.05) is 37.1 Å². The van der Waals surface area contributed by atoms with E-state index in [1.807, 2.05) is 54.2 Å². The average Bonchev–Trinajstić information content (AvgIpc) is 3.28. The Labute approximate surface area is 203 Å². The molecule has 2 aromatic heterocycles. The molecule has 0 bridgehead atoms. The van der Waals surface area contributed by atoms with Gasteiger partial charge in [0.05, 0.1) is 35.1 Å². The third-order valence-corrected chi connectivity index (χ3v) is 6.03. The summed E-state index contributed by atoms with van der Waals surface area (Å²) in [6, 6.07) is 28.3. The maximum atomic E-state index is 9.78. The minimum absolute atomic E-state index is 0.549. The van der Waals surface area contributed by atoms with Gasteiger partial charge in [0.15, 0.2) is 0 Å². The van der Waals surface area contributed by atoms with Gasteiger partial charge in [-0.25, -0.2) is 4.98 Å². The second-order valence-corrected chi connectivity index (χ2v) is 8.31. The van der Waals surface area contributed by atoms with Gasteiger partial charge < -0.3 is 9.88 Å². The lowest BCUT2D eigenvalue weighted by Gasteiger charge is -2.10. The first kappa shape index (κ1) is 22.0. The molecule has 0 aliphatic rings. The molecular formula is C29H22N6. The Morgan fingerprint density at radius 2 is 1.74 bits per heavy atom. The van der Waals surface area contributed by atoms with Crippen LogP contribution < -0.4 is 5.32 Å². The Kier molecular flexibility index (Phi) is 6.05. The van der Waals surface area contributed by atoms with E-state index in [9.17, 15) is 5.26 Å². The number of aromatic nitrogens is 3. The first-order valence-electron chi connectivity index (χ1n) is 11.3. The second kappa shape index (κ2) is 9.61. The van der Waals surface area contributed by atoms with Crippen LogP contribution in [0.2, 0.25) is 0 Å². The number of hydrogen-bond acceptors (Lipinski definition) is 5. The summed E-state index contributed by atoms with van der Waals surface area (Å²) in [7, 11) is 1.97. The molecule has 0 atom stereocenters. The van der Waals surface area contributed by atoms with Crippen molar-refractivity contribution in [2.24, 2.45) is 7.05 Å². The standard InChI is InChI=1S/C29H22N6/c1-35-19-28(34-29(35)18-32-17-24-12-9-20(14-30)16-33-24)22-10-11-23(15-31)27(13-22)26-8-4-6-21-5-2-3-7-25(21)26/h2-13,16,19,32H,17-18H2,1H3. The van der Waals surface area contributed by atoms with Crippen molar-refractivity contribution >= 4 is 10.8 Å². The van der Waals surface area contributed by atoms with Gasteiger partial charge in [0.1, 0.15) is 11.9 Å². The fourth-order valence-corrected chi connectivity index (χ4v) is 4.19. The quantitative estimate of drug-likeness (QED) is 0.374. The number of imidazole rings is 1.